The summed E-state index contributed by atoms with van der Waals surface area (Å²) in [4.78, 5) is 26.7. The number of hydrogen-bond donors (Lipinski definition) is 0. The van der Waals surface area contributed by atoms with Gasteiger partial charge in [0, 0.05) is 5.56 Å². The summed E-state index contributed by atoms with van der Waals surface area (Å²) in [7, 11) is 0. The van der Waals surface area contributed by atoms with Crippen molar-refractivity contribution in [1.29, 1.82) is 0 Å². The lowest BCUT2D eigenvalue weighted by Crippen LogP contribution is -2.34. The van der Waals surface area contributed by atoms with Crippen LogP contribution in [-0.4, -0.2) is 21.0 Å². The van der Waals surface area contributed by atoms with E-state index in [0.717, 1.165) is 27.8 Å². The molecule has 1 heterocycles. The van der Waals surface area contributed by atoms with Crippen molar-refractivity contribution in [2.24, 2.45) is 0 Å². The van der Waals surface area contributed by atoms with Crippen LogP contribution in [0, 0.1) is 6.92 Å². The van der Waals surface area contributed by atoms with Crippen molar-refractivity contribution in [1.82, 2.24) is 4.90 Å². The third kappa shape index (κ3) is 3.25. The predicted octanol–water partition coefficient (Wildman–Crippen LogP) is 4.04. The number of rotatable bonds is 2. The second-order valence-electron chi connectivity index (χ2n) is 5.10. The molecule has 0 radical (unpaired) electrons. The molecular formula is C18H13NO2S2. The minimum absolute atomic E-state index is 0.267. The van der Waals surface area contributed by atoms with Crippen LogP contribution >= 0.6 is 24.0 Å². The Morgan fingerprint density at radius 2 is 1.87 bits per heavy atom. The van der Waals surface area contributed by atoms with Crippen LogP contribution < -0.4 is 0 Å². The van der Waals surface area contributed by atoms with Gasteiger partial charge in [0.15, 0.2) is 4.32 Å². The number of thioether (sulfide) groups is 1. The Kier molecular flexibility index (Phi) is 4.41. The summed E-state index contributed by atoms with van der Waals surface area (Å²) in [5.41, 5.74) is 2.32. The highest BCUT2D eigenvalue weighted by atomic mass is 32.2. The first-order chi connectivity index (χ1) is 11.1. The highest BCUT2D eigenvalue weighted by Gasteiger charge is 2.37. The molecule has 23 heavy (non-hydrogen) atoms. The fourth-order valence-corrected chi connectivity index (χ4v) is 3.50. The predicted molar refractivity (Wildman–Crippen MR) is 97.0 cm³/mol. The van der Waals surface area contributed by atoms with Crippen molar-refractivity contribution in [3.05, 3.63) is 76.2 Å². The molecule has 3 nitrogen and oxygen atoms in total. The van der Waals surface area contributed by atoms with Crippen LogP contribution in [-0.2, 0) is 4.79 Å². The summed E-state index contributed by atoms with van der Waals surface area (Å²) in [5, 5.41) is 0. The van der Waals surface area contributed by atoms with Crippen LogP contribution in [0.15, 0.2) is 59.5 Å². The smallest absolute Gasteiger partial charge is 0.268 e. The van der Waals surface area contributed by atoms with Gasteiger partial charge in [-0.3, -0.25) is 9.59 Å². The number of carbonyl (C=O) groups is 2. The number of imide groups is 1. The molecule has 0 aliphatic carbocycles. The molecule has 1 fully saturated rings. The van der Waals surface area contributed by atoms with Gasteiger partial charge in [-0.05, 0) is 30.7 Å². The molecule has 0 bridgehead atoms. The lowest BCUT2D eigenvalue weighted by molar-refractivity contribution is -0.120. The second-order valence-corrected chi connectivity index (χ2v) is 6.78. The first kappa shape index (κ1) is 15.6. The SMILES string of the molecule is Cc1cccc(C(=O)N2C(=O)/C(=C/c3ccccc3)SC2=S)c1. The molecule has 0 unspecified atom stereocenters. The number of hydrogen-bond acceptors (Lipinski definition) is 4. The van der Waals surface area contributed by atoms with Gasteiger partial charge >= 0.3 is 0 Å². The molecule has 1 aliphatic rings. The van der Waals surface area contributed by atoms with Crippen LogP contribution in [0.25, 0.3) is 6.08 Å². The molecule has 2 amide bonds. The van der Waals surface area contributed by atoms with Crippen LogP contribution in [0.3, 0.4) is 0 Å². The van der Waals surface area contributed by atoms with E-state index in [1.807, 2.05) is 43.3 Å². The Balaban J connectivity index is 1.90. The van der Waals surface area contributed by atoms with Gasteiger partial charge in [0.25, 0.3) is 11.8 Å². The summed E-state index contributed by atoms with van der Waals surface area (Å²) in [5.74, 6) is -0.747. The molecule has 1 saturated heterocycles. The maximum absolute atomic E-state index is 12.6. The zero-order valence-electron chi connectivity index (χ0n) is 12.4. The molecule has 0 atom stereocenters. The van der Waals surface area contributed by atoms with E-state index >= 15 is 0 Å². The minimum Gasteiger partial charge on any atom is -0.268 e. The van der Waals surface area contributed by atoms with E-state index in [1.165, 1.54) is 0 Å². The van der Waals surface area contributed by atoms with Crippen LogP contribution in [0.5, 0.6) is 0 Å². The van der Waals surface area contributed by atoms with Gasteiger partial charge in [0.05, 0.1) is 4.91 Å². The van der Waals surface area contributed by atoms with Crippen molar-refractivity contribution >= 4 is 46.2 Å². The first-order valence-corrected chi connectivity index (χ1v) is 8.23. The van der Waals surface area contributed by atoms with E-state index < -0.39 is 0 Å². The number of carbonyl (C=O) groups excluding carboxylic acids is 2. The third-order valence-corrected chi connectivity index (χ3v) is 4.66. The van der Waals surface area contributed by atoms with Crippen LogP contribution in [0.4, 0.5) is 0 Å². The highest BCUT2D eigenvalue weighted by Crippen LogP contribution is 2.33. The minimum atomic E-state index is -0.382. The van der Waals surface area contributed by atoms with Crippen LogP contribution in [0.1, 0.15) is 21.5 Å². The zero-order chi connectivity index (χ0) is 16.4. The summed E-state index contributed by atoms with van der Waals surface area (Å²) in [6, 6.07) is 16.6. The first-order valence-electron chi connectivity index (χ1n) is 7.00. The zero-order valence-corrected chi connectivity index (χ0v) is 14.0. The number of nitrogens with zero attached hydrogens (tertiary/aromatic N) is 1. The van der Waals surface area contributed by atoms with Gasteiger partial charge in [0.1, 0.15) is 0 Å². The van der Waals surface area contributed by atoms with E-state index in [4.69, 9.17) is 12.2 Å². The van der Waals surface area contributed by atoms with E-state index in [0.29, 0.717) is 10.5 Å². The van der Waals surface area contributed by atoms with Gasteiger partial charge in [-0.25, -0.2) is 4.90 Å². The Morgan fingerprint density at radius 3 is 2.57 bits per heavy atom. The molecule has 2 aromatic carbocycles. The number of benzene rings is 2. The fourth-order valence-electron chi connectivity index (χ4n) is 2.25. The van der Waals surface area contributed by atoms with E-state index in [9.17, 15) is 9.59 Å². The monoisotopic (exact) mass is 339 g/mol. The van der Waals surface area contributed by atoms with Crippen molar-refractivity contribution < 1.29 is 9.59 Å². The maximum Gasteiger partial charge on any atom is 0.273 e. The Hall–Kier alpha value is -2.24. The van der Waals surface area contributed by atoms with E-state index in [2.05, 4.69) is 0 Å². The molecule has 2 aromatic rings. The van der Waals surface area contributed by atoms with Crippen molar-refractivity contribution in [2.45, 2.75) is 6.92 Å². The van der Waals surface area contributed by atoms with E-state index in [1.54, 1.807) is 24.3 Å². The van der Waals surface area contributed by atoms with Gasteiger partial charge in [-0.2, -0.15) is 0 Å². The second kappa shape index (κ2) is 6.48. The van der Waals surface area contributed by atoms with Crippen molar-refractivity contribution in [3.63, 3.8) is 0 Å². The van der Waals surface area contributed by atoms with Crippen LogP contribution in [0.2, 0.25) is 0 Å². The van der Waals surface area contributed by atoms with Gasteiger partial charge in [-0.1, -0.05) is 72.0 Å². The molecule has 0 spiro atoms. The number of amides is 2. The molecule has 0 N–H and O–H groups in total. The molecule has 3 rings (SSSR count). The van der Waals surface area contributed by atoms with Crippen molar-refractivity contribution in [3.8, 4) is 0 Å². The van der Waals surface area contributed by atoms with Gasteiger partial charge in [-0.15, -0.1) is 0 Å². The largest absolute Gasteiger partial charge is 0.273 e. The highest BCUT2D eigenvalue weighted by molar-refractivity contribution is 8.26. The lowest BCUT2D eigenvalue weighted by atomic mass is 10.1. The third-order valence-electron chi connectivity index (χ3n) is 3.36. The number of thiocarbonyl (C=S) groups is 1. The molecular weight excluding hydrogens is 326 g/mol. The lowest BCUT2D eigenvalue weighted by Gasteiger charge is -2.12. The fraction of sp³-hybridized carbons (Fsp3) is 0.0556. The van der Waals surface area contributed by atoms with Gasteiger partial charge < -0.3 is 0 Å². The average Bonchev–Trinajstić information content (AvgIpc) is 2.82. The van der Waals surface area contributed by atoms with E-state index in [-0.39, 0.29) is 16.1 Å². The standard InChI is InChI=1S/C18H13NO2S2/c1-12-6-5-9-14(10-12)16(20)19-17(21)15(23-18(19)22)11-13-7-3-2-4-8-13/h2-11H,1H3/b15-11-. The summed E-state index contributed by atoms with van der Waals surface area (Å²) in [6.07, 6.45) is 1.75. The maximum atomic E-state index is 12.6. The topological polar surface area (TPSA) is 37.4 Å². The molecule has 0 aromatic heterocycles. The molecule has 1 aliphatic heterocycles. The Labute approximate surface area is 144 Å². The Bertz CT molecular complexity index is 828. The number of aryl methyl sites for hydroxylation is 1. The summed E-state index contributed by atoms with van der Waals surface area (Å²) >= 11 is 6.38. The van der Waals surface area contributed by atoms with Crippen molar-refractivity contribution in [2.75, 3.05) is 0 Å². The molecule has 5 heteroatoms. The average molecular weight is 339 g/mol. The van der Waals surface area contributed by atoms with Gasteiger partial charge in [0.2, 0.25) is 0 Å². The molecule has 0 saturated carbocycles. The molecule has 114 valence electrons. The summed E-state index contributed by atoms with van der Waals surface area (Å²) in [6.45, 7) is 1.90. The summed E-state index contributed by atoms with van der Waals surface area (Å²) < 4.78 is 0.267. The quantitative estimate of drug-likeness (QED) is 0.470. The normalized spacial score (nSPS) is 16.2. The Morgan fingerprint density at radius 1 is 1.13 bits per heavy atom.